The van der Waals surface area contributed by atoms with Crippen LogP contribution in [0, 0.1) is 17.5 Å². The second-order valence-electron chi connectivity index (χ2n) is 13.1. The number of hydrogen-bond donors (Lipinski definition) is 2. The van der Waals surface area contributed by atoms with E-state index in [1.807, 2.05) is 0 Å². The van der Waals surface area contributed by atoms with Crippen LogP contribution in [0.5, 0.6) is 5.75 Å². The maximum absolute atomic E-state index is 16.0. The van der Waals surface area contributed by atoms with Crippen molar-refractivity contribution in [2.45, 2.75) is 63.2 Å². The molecule has 0 unspecified atom stereocenters. The van der Waals surface area contributed by atoms with Crippen molar-refractivity contribution in [3.8, 4) is 16.9 Å². The second kappa shape index (κ2) is 13.7. The smallest absolute Gasteiger partial charge is 0.410 e. The van der Waals surface area contributed by atoms with E-state index in [1.165, 1.54) is 25.3 Å². The van der Waals surface area contributed by atoms with Crippen molar-refractivity contribution in [2.24, 2.45) is 0 Å². The van der Waals surface area contributed by atoms with Gasteiger partial charge >= 0.3 is 12.1 Å². The van der Waals surface area contributed by atoms with E-state index in [1.54, 1.807) is 25.7 Å². The third-order valence-electron chi connectivity index (χ3n) is 8.16. The molecule has 4 aromatic rings. The maximum atomic E-state index is 16.0. The number of piperidine rings is 1. The molecule has 3 aromatic carbocycles. The summed E-state index contributed by atoms with van der Waals surface area (Å²) in [7, 11) is -4.63. The molecule has 1 aromatic heterocycles. The van der Waals surface area contributed by atoms with Gasteiger partial charge in [0.2, 0.25) is 5.95 Å². The molecule has 2 aliphatic rings. The molecule has 2 aliphatic heterocycles. The van der Waals surface area contributed by atoms with E-state index < -0.39 is 66.9 Å². The van der Waals surface area contributed by atoms with Gasteiger partial charge in [-0.25, -0.2) is 36.4 Å². The van der Waals surface area contributed by atoms with Crippen LogP contribution in [0.4, 0.5) is 29.6 Å². The van der Waals surface area contributed by atoms with Crippen molar-refractivity contribution in [1.29, 1.82) is 0 Å². The molecule has 1 amide bonds. The average Bonchev–Trinajstić information content (AvgIpc) is 3.43. The summed E-state index contributed by atoms with van der Waals surface area (Å²) in [6.07, 6.45) is 1.06. The summed E-state index contributed by atoms with van der Waals surface area (Å²) >= 11 is 6.17. The van der Waals surface area contributed by atoms with Gasteiger partial charge < -0.3 is 24.4 Å². The number of carbonyl (C=O) groups is 2. The molecule has 1 atom stereocenters. The lowest BCUT2D eigenvalue weighted by molar-refractivity contribution is -0.147. The summed E-state index contributed by atoms with van der Waals surface area (Å²) in [5.74, 6) is -4.14. The second-order valence-corrected chi connectivity index (χ2v) is 15.1. The average molecular weight is 748 g/mol. The number of esters is 1. The van der Waals surface area contributed by atoms with Gasteiger partial charge in [0.15, 0.2) is 11.9 Å². The minimum Gasteiger partial charge on any atom is -0.487 e. The van der Waals surface area contributed by atoms with E-state index in [0.717, 1.165) is 24.3 Å². The Morgan fingerprint density at radius 3 is 2.47 bits per heavy atom. The van der Waals surface area contributed by atoms with Gasteiger partial charge in [0.05, 0.1) is 22.2 Å². The first-order chi connectivity index (χ1) is 24.0. The fraction of sp³-hybridized carbons (Fsp3) is 0.353. The number of amides is 1. The molecule has 0 radical (unpaired) electrons. The van der Waals surface area contributed by atoms with Gasteiger partial charge in [0, 0.05) is 48.4 Å². The molecule has 0 bridgehead atoms. The Hall–Kier alpha value is -4.83. The Balaban J connectivity index is 1.22. The lowest BCUT2D eigenvalue weighted by Crippen LogP contribution is -2.44. The number of nitrogens with one attached hydrogen (secondary N) is 2. The minimum atomic E-state index is -4.63. The number of fused-ring (bicyclic) bond motifs is 2. The van der Waals surface area contributed by atoms with Crippen molar-refractivity contribution in [3.05, 3.63) is 70.6 Å². The van der Waals surface area contributed by atoms with Crippen LogP contribution in [-0.4, -0.2) is 66.7 Å². The zero-order chi connectivity index (χ0) is 36.8. The van der Waals surface area contributed by atoms with Crippen LogP contribution in [-0.2, 0) is 24.3 Å². The topological polar surface area (TPSA) is 149 Å². The molecule has 0 spiro atoms. The third kappa shape index (κ3) is 7.61. The number of halogens is 4. The van der Waals surface area contributed by atoms with Crippen molar-refractivity contribution < 1.29 is 45.4 Å². The van der Waals surface area contributed by atoms with Crippen LogP contribution >= 0.6 is 11.6 Å². The van der Waals surface area contributed by atoms with E-state index >= 15 is 13.2 Å². The number of rotatable bonds is 7. The Bertz CT molecular complexity index is 2160. The van der Waals surface area contributed by atoms with E-state index in [-0.39, 0.29) is 51.9 Å². The predicted molar refractivity (Wildman–Crippen MR) is 182 cm³/mol. The van der Waals surface area contributed by atoms with Gasteiger partial charge in [-0.15, -0.1) is 0 Å². The Labute approximate surface area is 296 Å². The molecule has 51 heavy (non-hydrogen) atoms. The summed E-state index contributed by atoms with van der Waals surface area (Å²) < 4.78 is 92.2. The van der Waals surface area contributed by atoms with Crippen LogP contribution in [0.25, 0.3) is 22.0 Å². The van der Waals surface area contributed by atoms with Crippen LogP contribution in [0.1, 0.15) is 52.2 Å². The minimum absolute atomic E-state index is 0.0283. The number of aromatic nitrogens is 2. The Morgan fingerprint density at radius 2 is 1.78 bits per heavy atom. The Morgan fingerprint density at radius 1 is 1.06 bits per heavy atom. The highest BCUT2D eigenvalue weighted by Gasteiger charge is 2.35. The summed E-state index contributed by atoms with van der Waals surface area (Å²) in [4.78, 5) is 33.6. The zero-order valence-corrected chi connectivity index (χ0v) is 29.4. The molecule has 0 aliphatic carbocycles. The normalized spacial score (nSPS) is 16.4. The molecule has 3 heterocycles. The number of nitrogens with zero attached hydrogens (tertiary/aromatic N) is 3. The molecule has 1 fully saturated rings. The van der Waals surface area contributed by atoms with E-state index in [0.29, 0.717) is 25.9 Å². The molecule has 270 valence electrons. The molecule has 2 N–H and O–H groups in total. The number of hydrogen-bond acceptors (Lipinski definition) is 10. The van der Waals surface area contributed by atoms with E-state index in [2.05, 4.69) is 20.0 Å². The van der Waals surface area contributed by atoms with Crippen molar-refractivity contribution in [1.82, 2.24) is 14.9 Å². The molecule has 17 heteroatoms. The summed E-state index contributed by atoms with van der Waals surface area (Å²) in [5, 5.41) is 3.03. The highest BCUT2D eigenvalue weighted by molar-refractivity contribution is 7.92. The van der Waals surface area contributed by atoms with Gasteiger partial charge in [0.1, 0.15) is 34.5 Å². The SMILES string of the molecule is CC(=O)O[C@H]1COc2c1cc(Cl)cc2S(=O)(=O)Nc1ccc(F)c(-c2ccc3nc(NC4CCN(C(=O)OC(C)(C)C)CC4)ncc3c2F)c1F. The molecule has 12 nitrogen and oxygen atoms in total. The number of carbonyl (C=O) groups excluding carboxylic acids is 2. The third-order valence-corrected chi connectivity index (χ3v) is 9.74. The predicted octanol–water partition coefficient (Wildman–Crippen LogP) is 6.98. The molecule has 1 saturated heterocycles. The standard InChI is InChI=1S/C34H33ClF3N5O7S/c1-17(44)49-26-16-48-31-21(26)13-18(35)14-27(31)51(46,47)42-25-8-6-23(36)28(30(25)38)20-5-7-24-22(29(20)37)15-39-32(41-24)40-19-9-11-43(12-10-19)33(45)50-34(2,3)4/h5-8,13-15,19,26,42H,9-12,16H2,1-4H3,(H,39,40,41)/t26-/m0/s1. The van der Waals surface area contributed by atoms with E-state index in [9.17, 15) is 18.0 Å². The molecule has 6 rings (SSSR count). The van der Waals surface area contributed by atoms with Gasteiger partial charge in [-0.3, -0.25) is 9.52 Å². The van der Waals surface area contributed by atoms with Crippen LogP contribution in [0.2, 0.25) is 5.02 Å². The van der Waals surface area contributed by atoms with Crippen molar-refractivity contribution in [2.75, 3.05) is 29.7 Å². The molecular formula is C34H33ClF3N5O7S. The Kier molecular flexibility index (Phi) is 9.67. The lowest BCUT2D eigenvalue weighted by Gasteiger charge is -2.33. The highest BCUT2D eigenvalue weighted by Crippen LogP contribution is 2.43. The van der Waals surface area contributed by atoms with Crippen LogP contribution in [0.3, 0.4) is 0 Å². The van der Waals surface area contributed by atoms with Gasteiger partial charge in [-0.2, -0.15) is 0 Å². The number of anilines is 2. The van der Waals surface area contributed by atoms with Gasteiger partial charge in [0.25, 0.3) is 10.0 Å². The van der Waals surface area contributed by atoms with Crippen LogP contribution < -0.4 is 14.8 Å². The lowest BCUT2D eigenvalue weighted by atomic mass is 10.0. The van der Waals surface area contributed by atoms with Crippen molar-refractivity contribution >= 4 is 56.2 Å². The summed E-state index contributed by atoms with van der Waals surface area (Å²) in [5.41, 5.74) is -2.25. The number of likely N-dealkylation sites (tertiary alicyclic amines) is 1. The highest BCUT2D eigenvalue weighted by atomic mass is 35.5. The monoisotopic (exact) mass is 747 g/mol. The fourth-order valence-electron chi connectivity index (χ4n) is 5.86. The van der Waals surface area contributed by atoms with Gasteiger partial charge in [-0.05, 0) is 70.0 Å². The number of sulfonamides is 1. The first-order valence-electron chi connectivity index (χ1n) is 15.8. The summed E-state index contributed by atoms with van der Waals surface area (Å²) in [6, 6.07) is 6.54. The van der Waals surface area contributed by atoms with Crippen molar-refractivity contribution in [3.63, 3.8) is 0 Å². The summed E-state index contributed by atoms with van der Waals surface area (Å²) in [6.45, 7) is 7.30. The van der Waals surface area contributed by atoms with Gasteiger partial charge in [-0.1, -0.05) is 11.6 Å². The molecular weight excluding hydrogens is 715 g/mol. The number of benzene rings is 3. The first kappa shape index (κ1) is 36.0. The van der Waals surface area contributed by atoms with E-state index in [4.69, 9.17) is 25.8 Å². The quantitative estimate of drug-likeness (QED) is 0.190. The molecule has 0 saturated carbocycles. The van der Waals surface area contributed by atoms with Crippen LogP contribution in [0.15, 0.2) is 47.5 Å². The maximum Gasteiger partial charge on any atom is 0.410 e. The first-order valence-corrected chi connectivity index (χ1v) is 17.7. The fourth-order valence-corrected chi connectivity index (χ4v) is 7.41. The number of ether oxygens (including phenoxy) is 3. The zero-order valence-electron chi connectivity index (χ0n) is 27.9. The largest absolute Gasteiger partial charge is 0.487 e.